The van der Waals surface area contributed by atoms with Crippen LogP contribution in [0.3, 0.4) is 0 Å². The molecule has 1 aliphatic rings. The quantitative estimate of drug-likeness (QED) is 0.671. The molecule has 100 valence electrons. The van der Waals surface area contributed by atoms with Gasteiger partial charge in [0.15, 0.2) is 6.29 Å². The van der Waals surface area contributed by atoms with E-state index in [1.165, 1.54) is 0 Å². The fourth-order valence-electron chi connectivity index (χ4n) is 2.27. The second-order valence-corrected chi connectivity index (χ2v) is 4.49. The molecule has 4 atom stereocenters. The van der Waals surface area contributed by atoms with Gasteiger partial charge in [0, 0.05) is 20.1 Å². The van der Waals surface area contributed by atoms with Crippen LogP contribution in [0.4, 0.5) is 0 Å². The summed E-state index contributed by atoms with van der Waals surface area (Å²) in [7, 11) is 1.70. The molecule has 0 N–H and O–H groups in total. The highest BCUT2D eigenvalue weighted by Gasteiger charge is 2.46. The predicted octanol–water partition coefficient (Wildman–Crippen LogP) is 2.13. The van der Waals surface area contributed by atoms with Crippen LogP contribution in [0.25, 0.3) is 0 Å². The molecule has 0 aromatic heterocycles. The molecule has 0 aromatic carbocycles. The lowest BCUT2D eigenvalue weighted by molar-refractivity contribution is -0.284. The fourth-order valence-corrected chi connectivity index (χ4v) is 2.27. The Kier molecular flexibility index (Phi) is 5.59. The minimum atomic E-state index is -0.388. The lowest BCUT2D eigenvalue weighted by atomic mass is 9.88. The SMILES string of the molecule is C=CCO[C@H]1[C@H](C)O[C@H](OCC)C[C@@]1(C)OC. The van der Waals surface area contributed by atoms with Crippen molar-refractivity contribution in [2.45, 2.75) is 51.3 Å². The van der Waals surface area contributed by atoms with Gasteiger partial charge in [-0.05, 0) is 20.8 Å². The van der Waals surface area contributed by atoms with Gasteiger partial charge in [0.05, 0.1) is 18.3 Å². The van der Waals surface area contributed by atoms with E-state index in [4.69, 9.17) is 18.9 Å². The van der Waals surface area contributed by atoms with E-state index in [1.54, 1.807) is 13.2 Å². The summed E-state index contributed by atoms with van der Waals surface area (Å²) in [6.45, 7) is 10.8. The summed E-state index contributed by atoms with van der Waals surface area (Å²) in [6.07, 6.45) is 2.01. The van der Waals surface area contributed by atoms with Gasteiger partial charge < -0.3 is 18.9 Å². The summed E-state index contributed by atoms with van der Waals surface area (Å²) >= 11 is 0. The summed E-state index contributed by atoms with van der Waals surface area (Å²) in [5.74, 6) is 0. The molecular weight excluding hydrogens is 220 g/mol. The molecule has 0 saturated carbocycles. The molecule has 1 aliphatic heterocycles. The lowest BCUT2D eigenvalue weighted by Gasteiger charge is -2.46. The monoisotopic (exact) mass is 244 g/mol. The van der Waals surface area contributed by atoms with Gasteiger partial charge >= 0.3 is 0 Å². The Labute approximate surface area is 104 Å². The highest BCUT2D eigenvalue weighted by atomic mass is 16.7. The predicted molar refractivity (Wildman–Crippen MR) is 65.9 cm³/mol. The van der Waals surface area contributed by atoms with Crippen molar-refractivity contribution in [2.24, 2.45) is 0 Å². The molecular formula is C13H24O4. The zero-order chi connectivity index (χ0) is 12.9. The second kappa shape index (κ2) is 6.50. The van der Waals surface area contributed by atoms with Gasteiger partial charge in [-0.25, -0.2) is 0 Å². The number of methoxy groups -OCH3 is 1. The Morgan fingerprint density at radius 1 is 1.47 bits per heavy atom. The van der Waals surface area contributed by atoms with Crippen molar-refractivity contribution in [3.8, 4) is 0 Å². The Balaban J connectivity index is 2.72. The zero-order valence-electron chi connectivity index (χ0n) is 11.3. The zero-order valence-corrected chi connectivity index (χ0v) is 11.3. The molecule has 4 heteroatoms. The summed E-state index contributed by atoms with van der Waals surface area (Å²) in [4.78, 5) is 0. The van der Waals surface area contributed by atoms with Gasteiger partial charge in [-0.1, -0.05) is 6.08 Å². The number of hydrogen-bond acceptors (Lipinski definition) is 4. The van der Waals surface area contributed by atoms with Crippen LogP contribution < -0.4 is 0 Å². The Bertz CT molecular complexity index is 244. The minimum absolute atomic E-state index is 0.0646. The molecule has 0 aliphatic carbocycles. The average molecular weight is 244 g/mol. The van der Waals surface area contributed by atoms with E-state index in [0.29, 0.717) is 19.6 Å². The first kappa shape index (κ1) is 14.6. The third kappa shape index (κ3) is 3.52. The maximum atomic E-state index is 5.77. The molecule has 1 fully saturated rings. The summed E-state index contributed by atoms with van der Waals surface area (Å²) in [6, 6.07) is 0. The smallest absolute Gasteiger partial charge is 0.160 e. The second-order valence-electron chi connectivity index (χ2n) is 4.49. The third-order valence-corrected chi connectivity index (χ3v) is 3.18. The van der Waals surface area contributed by atoms with Crippen LogP contribution in [-0.2, 0) is 18.9 Å². The molecule has 0 unspecified atom stereocenters. The van der Waals surface area contributed by atoms with Crippen LogP contribution in [0.2, 0.25) is 0 Å². The van der Waals surface area contributed by atoms with Crippen molar-refractivity contribution in [1.82, 2.24) is 0 Å². The summed E-state index contributed by atoms with van der Waals surface area (Å²) in [5.41, 5.74) is -0.388. The van der Waals surface area contributed by atoms with Crippen molar-refractivity contribution in [3.63, 3.8) is 0 Å². The summed E-state index contributed by atoms with van der Waals surface area (Å²) < 4.78 is 22.7. The highest BCUT2D eigenvalue weighted by molar-refractivity contribution is 4.94. The first-order chi connectivity index (χ1) is 8.07. The maximum Gasteiger partial charge on any atom is 0.160 e. The first-order valence-electron chi connectivity index (χ1n) is 6.12. The molecule has 0 bridgehead atoms. The van der Waals surface area contributed by atoms with E-state index in [2.05, 4.69) is 6.58 Å². The fraction of sp³-hybridized carbons (Fsp3) is 0.846. The van der Waals surface area contributed by atoms with E-state index >= 15 is 0 Å². The van der Waals surface area contributed by atoms with Gasteiger partial charge in [0.25, 0.3) is 0 Å². The first-order valence-corrected chi connectivity index (χ1v) is 6.12. The van der Waals surface area contributed by atoms with Gasteiger partial charge in [0.1, 0.15) is 6.10 Å². The molecule has 0 aromatic rings. The van der Waals surface area contributed by atoms with E-state index in [0.717, 1.165) is 0 Å². The normalized spacial score (nSPS) is 38.0. The van der Waals surface area contributed by atoms with Crippen LogP contribution in [0.5, 0.6) is 0 Å². The molecule has 17 heavy (non-hydrogen) atoms. The highest BCUT2D eigenvalue weighted by Crippen LogP contribution is 2.34. The van der Waals surface area contributed by atoms with E-state index in [-0.39, 0.29) is 24.1 Å². The Morgan fingerprint density at radius 2 is 2.18 bits per heavy atom. The largest absolute Gasteiger partial charge is 0.376 e. The van der Waals surface area contributed by atoms with E-state index in [1.807, 2.05) is 20.8 Å². The molecule has 1 saturated heterocycles. The topological polar surface area (TPSA) is 36.9 Å². The number of hydrogen-bond donors (Lipinski definition) is 0. The molecule has 1 rings (SSSR count). The molecule has 0 amide bonds. The van der Waals surface area contributed by atoms with E-state index in [9.17, 15) is 0 Å². The van der Waals surface area contributed by atoms with Crippen LogP contribution in [0, 0.1) is 0 Å². The van der Waals surface area contributed by atoms with Crippen molar-refractivity contribution in [1.29, 1.82) is 0 Å². The van der Waals surface area contributed by atoms with E-state index < -0.39 is 0 Å². The van der Waals surface area contributed by atoms with Crippen LogP contribution in [0.15, 0.2) is 12.7 Å². The summed E-state index contributed by atoms with van der Waals surface area (Å²) in [5, 5.41) is 0. The van der Waals surface area contributed by atoms with Crippen LogP contribution in [-0.4, -0.2) is 44.4 Å². The third-order valence-electron chi connectivity index (χ3n) is 3.18. The molecule has 1 heterocycles. The Morgan fingerprint density at radius 3 is 2.71 bits per heavy atom. The van der Waals surface area contributed by atoms with Crippen LogP contribution >= 0.6 is 0 Å². The van der Waals surface area contributed by atoms with Crippen molar-refractivity contribution in [3.05, 3.63) is 12.7 Å². The van der Waals surface area contributed by atoms with Gasteiger partial charge in [-0.15, -0.1) is 6.58 Å². The lowest BCUT2D eigenvalue weighted by Crippen LogP contribution is -2.57. The number of ether oxygens (including phenoxy) is 4. The van der Waals surface area contributed by atoms with Crippen LogP contribution in [0.1, 0.15) is 27.2 Å². The van der Waals surface area contributed by atoms with Gasteiger partial charge in [-0.2, -0.15) is 0 Å². The van der Waals surface area contributed by atoms with Gasteiger partial charge in [-0.3, -0.25) is 0 Å². The molecule has 0 spiro atoms. The Hall–Kier alpha value is -0.420. The molecule has 4 nitrogen and oxygen atoms in total. The van der Waals surface area contributed by atoms with Crippen molar-refractivity contribution in [2.75, 3.05) is 20.3 Å². The van der Waals surface area contributed by atoms with Gasteiger partial charge in [0.2, 0.25) is 0 Å². The average Bonchev–Trinajstić information content (AvgIpc) is 2.28. The molecule has 0 radical (unpaired) electrons. The number of rotatable bonds is 6. The maximum absolute atomic E-state index is 5.77. The minimum Gasteiger partial charge on any atom is -0.376 e. The standard InChI is InChI=1S/C13H24O4/c1-6-8-16-12-10(3)17-11(15-7-2)9-13(12,4)14-5/h6,10-12H,1,7-9H2,2-5H3/t10-,11-,12-,13+/m0/s1. The van der Waals surface area contributed by atoms with Crippen molar-refractivity contribution < 1.29 is 18.9 Å². The van der Waals surface area contributed by atoms with Crippen molar-refractivity contribution >= 4 is 0 Å².